The van der Waals surface area contributed by atoms with Crippen LogP contribution in [-0.4, -0.2) is 17.0 Å². The number of aromatic nitrogens is 2. The lowest BCUT2D eigenvalue weighted by Crippen LogP contribution is -1.96. The quantitative estimate of drug-likeness (QED) is 0.725. The molecule has 0 bridgehead atoms. The zero-order valence-corrected chi connectivity index (χ0v) is 11.9. The first-order valence-electron chi connectivity index (χ1n) is 6.99. The summed E-state index contributed by atoms with van der Waals surface area (Å²) in [6.45, 7) is 0.197. The Morgan fingerprint density at radius 1 is 0.913 bits per heavy atom. The van der Waals surface area contributed by atoms with Gasteiger partial charge in [-0.1, -0.05) is 18.2 Å². The van der Waals surface area contributed by atoms with Gasteiger partial charge in [0.1, 0.15) is 0 Å². The Bertz CT molecular complexity index is 928. The third-order valence-electron chi connectivity index (χ3n) is 3.44. The third kappa shape index (κ3) is 2.48. The number of nitrogens with one attached hydrogen (secondary N) is 2. The minimum Gasteiger partial charge on any atom is -0.454 e. The van der Waals surface area contributed by atoms with Crippen molar-refractivity contribution in [2.45, 2.75) is 0 Å². The lowest BCUT2D eigenvalue weighted by Gasteiger charge is -2.01. The molecule has 23 heavy (non-hydrogen) atoms. The average Bonchev–Trinajstić information content (AvgIpc) is 3.19. The van der Waals surface area contributed by atoms with E-state index in [0.717, 1.165) is 5.56 Å². The summed E-state index contributed by atoms with van der Waals surface area (Å²) in [5, 5.41) is 13.5. The number of benzene rings is 2. The molecule has 4 rings (SSSR count). The minimum atomic E-state index is -0.336. The second kappa shape index (κ2) is 5.45. The molecule has 2 N–H and O–H groups in total. The van der Waals surface area contributed by atoms with Gasteiger partial charge >= 0.3 is 0 Å². The van der Waals surface area contributed by atoms with Gasteiger partial charge in [0, 0.05) is 5.56 Å². The Labute approximate surface area is 130 Å². The highest BCUT2D eigenvalue weighted by atomic mass is 16.7. The molecule has 114 valence electrons. The molecular weight excluding hydrogens is 296 g/mol. The zero-order valence-electron chi connectivity index (χ0n) is 11.9. The van der Waals surface area contributed by atoms with Crippen molar-refractivity contribution in [1.82, 2.24) is 10.2 Å². The van der Waals surface area contributed by atoms with E-state index in [-0.39, 0.29) is 18.0 Å². The van der Waals surface area contributed by atoms with Crippen LogP contribution in [0.3, 0.4) is 0 Å². The molecule has 0 atom stereocenters. The summed E-state index contributed by atoms with van der Waals surface area (Å²) >= 11 is 0. The van der Waals surface area contributed by atoms with Crippen molar-refractivity contribution in [3.05, 3.63) is 58.9 Å². The van der Waals surface area contributed by atoms with Gasteiger partial charge < -0.3 is 9.47 Å². The van der Waals surface area contributed by atoms with Gasteiger partial charge in [0.25, 0.3) is 5.56 Å². The lowest BCUT2D eigenvalue weighted by atomic mass is 10.1. The van der Waals surface area contributed by atoms with Crippen molar-refractivity contribution < 1.29 is 9.47 Å². The number of fused-ring (bicyclic) bond motifs is 1. The third-order valence-corrected chi connectivity index (χ3v) is 3.44. The van der Waals surface area contributed by atoms with Gasteiger partial charge in [-0.15, -0.1) is 5.11 Å². The van der Waals surface area contributed by atoms with Crippen LogP contribution in [0.1, 0.15) is 0 Å². The van der Waals surface area contributed by atoms with Gasteiger partial charge in [0.05, 0.1) is 11.4 Å². The summed E-state index contributed by atoms with van der Waals surface area (Å²) in [7, 11) is 0. The van der Waals surface area contributed by atoms with Gasteiger partial charge in [-0.3, -0.25) is 15.0 Å². The molecule has 2 heterocycles. The van der Waals surface area contributed by atoms with Crippen LogP contribution >= 0.6 is 0 Å². The second-order valence-corrected chi connectivity index (χ2v) is 4.91. The molecule has 3 aromatic rings. The number of ether oxygens (including phenoxy) is 2. The Morgan fingerprint density at radius 3 is 2.61 bits per heavy atom. The van der Waals surface area contributed by atoms with Gasteiger partial charge in [0.15, 0.2) is 17.2 Å². The van der Waals surface area contributed by atoms with Gasteiger partial charge in [0.2, 0.25) is 6.79 Å². The van der Waals surface area contributed by atoms with Crippen molar-refractivity contribution in [3.8, 4) is 22.8 Å². The van der Waals surface area contributed by atoms with Gasteiger partial charge in [-0.25, -0.2) is 0 Å². The second-order valence-electron chi connectivity index (χ2n) is 4.91. The number of hydrogen-bond donors (Lipinski definition) is 2. The first kappa shape index (κ1) is 13.3. The highest BCUT2D eigenvalue weighted by Crippen LogP contribution is 2.37. The molecular formula is C16H12N4O3. The summed E-state index contributed by atoms with van der Waals surface area (Å²) in [5.41, 5.74) is 1.86. The van der Waals surface area contributed by atoms with Gasteiger partial charge in [-0.2, -0.15) is 5.11 Å². The molecule has 2 aromatic carbocycles. The fourth-order valence-electron chi connectivity index (χ4n) is 2.31. The van der Waals surface area contributed by atoms with Crippen molar-refractivity contribution in [3.63, 3.8) is 0 Å². The standard InChI is InChI=1S/C16H12N4O3/c21-16-15(19-17-11-4-2-1-3-5-11)14(18-20-16)10-6-7-12-13(8-10)23-9-22-12/h1-8H,9H2,(H2,18,20,21). The summed E-state index contributed by atoms with van der Waals surface area (Å²) in [5.74, 6) is 1.31. The van der Waals surface area contributed by atoms with E-state index in [4.69, 9.17) is 9.47 Å². The van der Waals surface area contributed by atoms with E-state index in [1.807, 2.05) is 36.4 Å². The number of azo groups is 1. The van der Waals surface area contributed by atoms with Crippen LogP contribution in [0, 0.1) is 0 Å². The molecule has 1 aliphatic heterocycles. The van der Waals surface area contributed by atoms with E-state index >= 15 is 0 Å². The molecule has 0 unspecified atom stereocenters. The number of H-pyrrole nitrogens is 2. The number of rotatable bonds is 3. The fourth-order valence-corrected chi connectivity index (χ4v) is 2.31. The number of aromatic amines is 2. The van der Waals surface area contributed by atoms with E-state index in [0.29, 0.717) is 22.9 Å². The molecule has 0 saturated heterocycles. The Kier molecular flexibility index (Phi) is 3.16. The smallest absolute Gasteiger partial charge is 0.292 e. The normalized spacial score (nSPS) is 12.9. The van der Waals surface area contributed by atoms with E-state index in [1.165, 1.54) is 0 Å². The molecule has 0 spiro atoms. The predicted molar refractivity (Wildman–Crippen MR) is 83.6 cm³/mol. The summed E-state index contributed by atoms with van der Waals surface area (Å²) in [6.07, 6.45) is 0. The van der Waals surface area contributed by atoms with E-state index in [1.54, 1.807) is 12.1 Å². The fraction of sp³-hybridized carbons (Fsp3) is 0.0625. The van der Waals surface area contributed by atoms with Crippen molar-refractivity contribution in [2.75, 3.05) is 6.79 Å². The Morgan fingerprint density at radius 2 is 1.74 bits per heavy atom. The number of hydrogen-bond acceptors (Lipinski definition) is 5. The molecule has 7 heteroatoms. The molecule has 0 aliphatic carbocycles. The van der Waals surface area contributed by atoms with Crippen LogP contribution in [0.25, 0.3) is 11.3 Å². The maximum absolute atomic E-state index is 12.0. The molecule has 0 fully saturated rings. The maximum atomic E-state index is 12.0. The highest BCUT2D eigenvalue weighted by molar-refractivity contribution is 5.73. The molecule has 0 saturated carbocycles. The molecule has 1 aliphatic rings. The number of nitrogens with zero attached hydrogens (tertiary/aromatic N) is 2. The monoisotopic (exact) mass is 308 g/mol. The zero-order chi connectivity index (χ0) is 15.6. The van der Waals surface area contributed by atoms with Crippen LogP contribution in [0.15, 0.2) is 63.6 Å². The van der Waals surface area contributed by atoms with Crippen molar-refractivity contribution >= 4 is 11.4 Å². The highest BCUT2D eigenvalue weighted by Gasteiger charge is 2.17. The van der Waals surface area contributed by atoms with E-state index in [9.17, 15) is 4.79 Å². The molecule has 0 radical (unpaired) electrons. The average molecular weight is 308 g/mol. The Hall–Kier alpha value is -3.35. The maximum Gasteiger partial charge on any atom is 0.292 e. The first-order valence-corrected chi connectivity index (χ1v) is 6.99. The van der Waals surface area contributed by atoms with Crippen LogP contribution in [0.2, 0.25) is 0 Å². The topological polar surface area (TPSA) is 91.8 Å². The summed E-state index contributed by atoms with van der Waals surface area (Å²) < 4.78 is 10.6. The molecule has 7 nitrogen and oxygen atoms in total. The predicted octanol–water partition coefficient (Wildman–Crippen LogP) is 3.51. The lowest BCUT2D eigenvalue weighted by molar-refractivity contribution is 0.174. The SMILES string of the molecule is O=c1[nH][nH]c(-c2ccc3c(c2)OCO3)c1N=Nc1ccccc1. The van der Waals surface area contributed by atoms with Crippen LogP contribution < -0.4 is 15.0 Å². The summed E-state index contributed by atoms with van der Waals surface area (Å²) in [6, 6.07) is 14.6. The first-order chi connectivity index (χ1) is 11.3. The largest absolute Gasteiger partial charge is 0.454 e. The van der Waals surface area contributed by atoms with E-state index in [2.05, 4.69) is 20.4 Å². The van der Waals surface area contributed by atoms with Crippen LogP contribution in [-0.2, 0) is 0 Å². The molecule has 0 amide bonds. The van der Waals surface area contributed by atoms with Crippen LogP contribution in [0.4, 0.5) is 11.4 Å². The van der Waals surface area contributed by atoms with Crippen LogP contribution in [0.5, 0.6) is 11.5 Å². The Balaban J connectivity index is 1.73. The minimum absolute atomic E-state index is 0.197. The van der Waals surface area contributed by atoms with E-state index < -0.39 is 0 Å². The molecule has 1 aromatic heterocycles. The van der Waals surface area contributed by atoms with Gasteiger partial charge in [-0.05, 0) is 30.3 Å². The van der Waals surface area contributed by atoms with Crippen molar-refractivity contribution in [2.24, 2.45) is 10.2 Å². The summed E-state index contributed by atoms with van der Waals surface area (Å²) in [4.78, 5) is 12.0. The van der Waals surface area contributed by atoms with Crippen molar-refractivity contribution in [1.29, 1.82) is 0 Å².